The molecule has 2 aromatic carbocycles. The van der Waals surface area contributed by atoms with E-state index in [0.717, 1.165) is 33.4 Å². The van der Waals surface area contributed by atoms with Crippen LogP contribution in [-0.2, 0) is 18.4 Å². The summed E-state index contributed by atoms with van der Waals surface area (Å²) in [5, 5.41) is 17.5. The van der Waals surface area contributed by atoms with Crippen LogP contribution in [0.25, 0.3) is 21.9 Å². The number of rotatable bonds is 9. The Kier molecular flexibility index (Phi) is 6.96. The van der Waals surface area contributed by atoms with E-state index in [1.165, 1.54) is 6.33 Å². The number of carbonyl (C=O) groups is 1. The van der Waals surface area contributed by atoms with Crippen molar-refractivity contribution in [1.29, 1.82) is 0 Å². The Bertz CT molecular complexity index is 1620. The fraction of sp³-hybridized carbons (Fsp3) is 0.250. The number of aryl methyl sites for hydroxylation is 1. The number of halogens is 1. The molecule has 3 aromatic heterocycles. The van der Waals surface area contributed by atoms with Crippen LogP contribution in [0.5, 0.6) is 11.5 Å². The molecule has 3 heterocycles. The average Bonchev–Trinajstić information content (AvgIpc) is 3.44. The number of carbonyl (C=O) groups excluding carboxylic acids is 1. The summed E-state index contributed by atoms with van der Waals surface area (Å²) in [6, 6.07) is 15.3. The molecule has 0 aliphatic rings. The minimum atomic E-state index is -1.05. The molecule has 0 radical (unpaired) electrons. The Morgan fingerprint density at radius 2 is 1.95 bits per heavy atom. The summed E-state index contributed by atoms with van der Waals surface area (Å²) < 4.78 is 10.2. The molecule has 0 saturated carbocycles. The quantitative estimate of drug-likeness (QED) is 0.235. The number of aliphatic hydroxyl groups is 1. The second-order valence-electron chi connectivity index (χ2n) is 9.79. The predicted octanol–water partition coefficient (Wildman–Crippen LogP) is 5.39. The molecular formula is C28H29ClN6O3. The third kappa shape index (κ3) is 5.58. The molecule has 0 atom stereocenters. The molecule has 0 aliphatic heterocycles. The summed E-state index contributed by atoms with van der Waals surface area (Å²) in [6.07, 6.45) is 5.44. The molecule has 1 amide bonds. The average molecular weight is 533 g/mol. The van der Waals surface area contributed by atoms with Gasteiger partial charge >= 0.3 is 0 Å². The molecule has 0 fully saturated rings. The number of nitrogens with zero attached hydrogens (tertiary/aromatic N) is 4. The second kappa shape index (κ2) is 10.4. The van der Waals surface area contributed by atoms with Crippen molar-refractivity contribution in [3.8, 4) is 11.5 Å². The van der Waals surface area contributed by atoms with Gasteiger partial charge in [-0.1, -0.05) is 17.7 Å². The van der Waals surface area contributed by atoms with Gasteiger partial charge in [0, 0.05) is 43.6 Å². The van der Waals surface area contributed by atoms with Crippen molar-refractivity contribution < 1.29 is 14.6 Å². The number of benzene rings is 2. The summed E-state index contributed by atoms with van der Waals surface area (Å²) >= 11 is 6.61. The first-order chi connectivity index (χ1) is 18.2. The van der Waals surface area contributed by atoms with Crippen LogP contribution >= 0.6 is 11.6 Å². The number of hydrogen-bond acceptors (Lipinski definition) is 6. The lowest BCUT2D eigenvalue weighted by Gasteiger charge is -2.16. The zero-order valence-electron chi connectivity index (χ0n) is 21.4. The number of anilines is 2. The first kappa shape index (κ1) is 25.6. The van der Waals surface area contributed by atoms with Crippen molar-refractivity contribution in [2.24, 2.45) is 7.05 Å². The van der Waals surface area contributed by atoms with Crippen molar-refractivity contribution in [3.05, 3.63) is 72.3 Å². The van der Waals surface area contributed by atoms with E-state index >= 15 is 0 Å². The van der Waals surface area contributed by atoms with E-state index in [1.54, 1.807) is 19.9 Å². The van der Waals surface area contributed by atoms with E-state index in [-0.39, 0.29) is 12.3 Å². The van der Waals surface area contributed by atoms with Crippen LogP contribution in [0.15, 0.2) is 67.3 Å². The molecule has 0 saturated heterocycles. The van der Waals surface area contributed by atoms with Gasteiger partial charge in [0.15, 0.2) is 5.82 Å². The molecule has 5 rings (SSSR count). The smallest absolute Gasteiger partial charge is 0.222 e. The maximum atomic E-state index is 12.1. The topological polar surface area (TPSA) is 106 Å². The van der Waals surface area contributed by atoms with Gasteiger partial charge in [0.25, 0.3) is 0 Å². The first-order valence-electron chi connectivity index (χ1n) is 12.3. The monoisotopic (exact) mass is 532 g/mol. The minimum absolute atomic E-state index is 0.0380. The largest absolute Gasteiger partial charge is 0.455 e. The molecule has 3 N–H and O–H groups in total. The van der Waals surface area contributed by atoms with Gasteiger partial charge in [-0.2, -0.15) is 0 Å². The molecular weight excluding hydrogens is 504 g/mol. The van der Waals surface area contributed by atoms with E-state index in [2.05, 4.69) is 20.6 Å². The van der Waals surface area contributed by atoms with Crippen molar-refractivity contribution >= 4 is 50.9 Å². The number of nitrogens with one attached hydrogen (secondary N) is 2. The van der Waals surface area contributed by atoms with Gasteiger partial charge in [-0.05, 0) is 56.3 Å². The minimum Gasteiger partial charge on any atom is -0.455 e. The Morgan fingerprint density at radius 3 is 2.74 bits per heavy atom. The fourth-order valence-corrected chi connectivity index (χ4v) is 4.58. The van der Waals surface area contributed by atoms with Crippen LogP contribution < -0.4 is 15.4 Å². The zero-order chi connectivity index (χ0) is 26.9. The van der Waals surface area contributed by atoms with Crippen LogP contribution in [0, 0.1) is 0 Å². The van der Waals surface area contributed by atoms with Gasteiger partial charge < -0.3 is 29.6 Å². The molecule has 9 nitrogen and oxygen atoms in total. The van der Waals surface area contributed by atoms with E-state index in [4.69, 9.17) is 16.3 Å². The van der Waals surface area contributed by atoms with E-state index in [0.29, 0.717) is 29.7 Å². The highest BCUT2D eigenvalue weighted by Gasteiger charge is 2.18. The molecule has 5 aromatic rings. The van der Waals surface area contributed by atoms with E-state index in [1.807, 2.05) is 71.0 Å². The summed E-state index contributed by atoms with van der Waals surface area (Å²) in [4.78, 5) is 20.9. The highest BCUT2D eigenvalue weighted by atomic mass is 35.5. The van der Waals surface area contributed by atoms with Crippen molar-refractivity contribution in [3.63, 3.8) is 0 Å². The SMILES string of the molecule is Cn1ccc2c(Oc3ccc(Nc4ncnc5ccn(CCNC(=O)CC(C)(C)O)c45)cc3Cl)cccc21. The summed E-state index contributed by atoms with van der Waals surface area (Å²) in [7, 11) is 1.99. The Balaban J connectivity index is 1.32. The third-order valence-electron chi connectivity index (χ3n) is 6.12. The van der Waals surface area contributed by atoms with Crippen LogP contribution in [0.4, 0.5) is 11.5 Å². The Hall–Kier alpha value is -4.08. The van der Waals surface area contributed by atoms with Crippen LogP contribution in [0.1, 0.15) is 20.3 Å². The molecule has 38 heavy (non-hydrogen) atoms. The van der Waals surface area contributed by atoms with E-state index < -0.39 is 5.60 Å². The van der Waals surface area contributed by atoms with Crippen LogP contribution in [0.3, 0.4) is 0 Å². The standard InChI is InChI=1S/C28H29ClN6O3/c1-28(2,37)16-25(36)30-11-14-35-13-10-21-26(35)27(32-17-31-21)33-18-7-8-24(20(29)15-18)38-23-6-4-5-22-19(23)9-12-34(22)3/h4-10,12-13,15,17,37H,11,14,16H2,1-3H3,(H,30,36)(H,31,32,33). The maximum Gasteiger partial charge on any atom is 0.222 e. The van der Waals surface area contributed by atoms with Crippen LogP contribution in [0.2, 0.25) is 5.02 Å². The van der Waals surface area contributed by atoms with Gasteiger partial charge in [-0.15, -0.1) is 0 Å². The molecule has 196 valence electrons. The summed E-state index contributed by atoms with van der Waals surface area (Å²) in [6.45, 7) is 4.13. The normalized spacial score (nSPS) is 11.7. The van der Waals surface area contributed by atoms with Gasteiger partial charge in [-0.3, -0.25) is 4.79 Å². The summed E-state index contributed by atoms with van der Waals surface area (Å²) in [5.74, 6) is 1.69. The lowest BCUT2D eigenvalue weighted by Crippen LogP contribution is -2.33. The summed E-state index contributed by atoms with van der Waals surface area (Å²) in [5.41, 5.74) is 2.34. The molecule has 0 spiro atoms. The number of ether oxygens (including phenoxy) is 1. The van der Waals surface area contributed by atoms with Crippen molar-refractivity contribution in [2.75, 3.05) is 11.9 Å². The zero-order valence-corrected chi connectivity index (χ0v) is 22.2. The van der Waals surface area contributed by atoms with Gasteiger partial charge in [-0.25, -0.2) is 9.97 Å². The highest BCUT2D eigenvalue weighted by Crippen LogP contribution is 2.36. The Labute approximate surface area is 225 Å². The number of hydrogen-bond donors (Lipinski definition) is 3. The Morgan fingerprint density at radius 1 is 1.11 bits per heavy atom. The molecule has 0 bridgehead atoms. The number of aromatic nitrogens is 4. The first-order valence-corrected chi connectivity index (χ1v) is 12.6. The number of amides is 1. The molecule has 10 heteroatoms. The fourth-order valence-electron chi connectivity index (χ4n) is 4.36. The van der Waals surface area contributed by atoms with Gasteiger partial charge in [0.05, 0.1) is 28.1 Å². The van der Waals surface area contributed by atoms with Gasteiger partial charge in [0.2, 0.25) is 5.91 Å². The lowest BCUT2D eigenvalue weighted by atomic mass is 10.1. The predicted molar refractivity (Wildman–Crippen MR) is 149 cm³/mol. The third-order valence-corrected chi connectivity index (χ3v) is 6.42. The van der Waals surface area contributed by atoms with Crippen molar-refractivity contribution in [2.45, 2.75) is 32.4 Å². The lowest BCUT2D eigenvalue weighted by molar-refractivity contribution is -0.124. The molecule has 0 unspecified atom stereocenters. The molecule has 0 aliphatic carbocycles. The van der Waals surface area contributed by atoms with Crippen molar-refractivity contribution in [1.82, 2.24) is 24.4 Å². The van der Waals surface area contributed by atoms with Crippen LogP contribution in [-0.4, -0.2) is 42.3 Å². The van der Waals surface area contributed by atoms with Gasteiger partial charge in [0.1, 0.15) is 23.3 Å². The number of fused-ring (bicyclic) bond motifs is 2. The van der Waals surface area contributed by atoms with E-state index in [9.17, 15) is 9.90 Å². The second-order valence-corrected chi connectivity index (χ2v) is 10.2. The maximum absolute atomic E-state index is 12.1. The highest BCUT2D eigenvalue weighted by molar-refractivity contribution is 6.32.